The largest absolute Gasteiger partial charge is 0.325 e. The van der Waals surface area contributed by atoms with E-state index in [0.717, 1.165) is 5.69 Å². The third-order valence-electron chi connectivity index (χ3n) is 4.37. The first kappa shape index (κ1) is 22.6. The highest BCUT2D eigenvalue weighted by molar-refractivity contribution is 7.99. The summed E-state index contributed by atoms with van der Waals surface area (Å²) in [5.41, 5.74) is 1.23. The number of hydrogen-bond acceptors (Lipinski definition) is 5. The van der Waals surface area contributed by atoms with Gasteiger partial charge in [-0.15, -0.1) is 10.2 Å². The number of amides is 1. The third-order valence-corrected chi connectivity index (χ3v) is 5.74. The van der Waals surface area contributed by atoms with E-state index in [2.05, 4.69) is 15.5 Å². The van der Waals surface area contributed by atoms with Crippen molar-refractivity contribution >= 4 is 46.6 Å². The van der Waals surface area contributed by atoms with Crippen LogP contribution in [-0.4, -0.2) is 45.4 Å². The maximum absolute atomic E-state index is 13.4. The zero-order valence-electron chi connectivity index (χ0n) is 16.6. The Morgan fingerprint density at radius 1 is 1.17 bits per heavy atom. The molecule has 1 amide bonds. The zero-order chi connectivity index (χ0) is 21.8. The molecule has 1 aromatic heterocycles. The fourth-order valence-electron chi connectivity index (χ4n) is 2.66. The van der Waals surface area contributed by atoms with Gasteiger partial charge >= 0.3 is 0 Å². The predicted octanol–water partition coefficient (Wildman–Crippen LogP) is 5.07. The SMILES string of the molecule is CC(c1nnc(SCC(=O)Nc2cc(Cl)cc(Cl)c2)n1-c1ccc(F)cc1)N(C)C. The normalized spacial score (nSPS) is 12.2. The van der Waals surface area contributed by atoms with E-state index in [4.69, 9.17) is 23.2 Å². The molecule has 1 heterocycles. The van der Waals surface area contributed by atoms with Crippen LogP contribution in [-0.2, 0) is 4.79 Å². The van der Waals surface area contributed by atoms with E-state index >= 15 is 0 Å². The van der Waals surface area contributed by atoms with Crippen LogP contribution in [0.4, 0.5) is 10.1 Å². The molecule has 6 nitrogen and oxygen atoms in total. The molecule has 10 heteroatoms. The highest BCUT2D eigenvalue weighted by Gasteiger charge is 2.21. The second-order valence-corrected chi connectivity index (χ2v) is 8.60. The average molecular weight is 468 g/mol. The van der Waals surface area contributed by atoms with Crippen molar-refractivity contribution in [3.63, 3.8) is 0 Å². The quantitative estimate of drug-likeness (QED) is 0.491. The van der Waals surface area contributed by atoms with Crippen LogP contribution in [0.2, 0.25) is 10.0 Å². The van der Waals surface area contributed by atoms with Crippen molar-refractivity contribution in [1.82, 2.24) is 19.7 Å². The molecular weight excluding hydrogens is 448 g/mol. The second kappa shape index (κ2) is 9.78. The molecule has 0 spiro atoms. The van der Waals surface area contributed by atoms with Gasteiger partial charge in [-0.2, -0.15) is 0 Å². The number of nitrogens with zero attached hydrogens (tertiary/aromatic N) is 4. The molecule has 0 fully saturated rings. The van der Waals surface area contributed by atoms with Crippen LogP contribution in [0.25, 0.3) is 5.69 Å². The molecule has 0 saturated heterocycles. The number of benzene rings is 2. The van der Waals surface area contributed by atoms with Crippen molar-refractivity contribution in [2.75, 3.05) is 25.2 Å². The number of anilines is 1. The average Bonchev–Trinajstić information content (AvgIpc) is 3.09. The third kappa shape index (κ3) is 5.51. The van der Waals surface area contributed by atoms with Gasteiger partial charge in [0.25, 0.3) is 0 Å². The van der Waals surface area contributed by atoms with Gasteiger partial charge in [0.05, 0.1) is 11.8 Å². The van der Waals surface area contributed by atoms with Crippen molar-refractivity contribution in [1.29, 1.82) is 0 Å². The Balaban J connectivity index is 1.81. The Hall–Kier alpha value is -2.13. The fourth-order valence-corrected chi connectivity index (χ4v) is 3.95. The van der Waals surface area contributed by atoms with Gasteiger partial charge in [-0.3, -0.25) is 14.3 Å². The van der Waals surface area contributed by atoms with E-state index in [1.807, 2.05) is 30.5 Å². The van der Waals surface area contributed by atoms with Crippen LogP contribution in [0.1, 0.15) is 18.8 Å². The fraction of sp³-hybridized carbons (Fsp3) is 0.250. The second-order valence-electron chi connectivity index (χ2n) is 6.79. The smallest absolute Gasteiger partial charge is 0.234 e. The molecule has 0 bridgehead atoms. The highest BCUT2D eigenvalue weighted by Crippen LogP contribution is 2.27. The number of carbonyl (C=O) groups excluding carboxylic acids is 1. The highest BCUT2D eigenvalue weighted by atomic mass is 35.5. The molecule has 30 heavy (non-hydrogen) atoms. The number of hydrogen-bond donors (Lipinski definition) is 1. The van der Waals surface area contributed by atoms with Crippen LogP contribution in [0.3, 0.4) is 0 Å². The van der Waals surface area contributed by atoms with E-state index in [-0.39, 0.29) is 23.5 Å². The maximum atomic E-state index is 13.4. The summed E-state index contributed by atoms with van der Waals surface area (Å²) in [5.74, 6) is 0.216. The topological polar surface area (TPSA) is 63.1 Å². The summed E-state index contributed by atoms with van der Waals surface area (Å²) in [6.07, 6.45) is 0. The van der Waals surface area contributed by atoms with Crippen molar-refractivity contribution in [2.45, 2.75) is 18.1 Å². The lowest BCUT2D eigenvalue weighted by Crippen LogP contribution is -2.21. The Bertz CT molecular complexity index is 1020. The summed E-state index contributed by atoms with van der Waals surface area (Å²) in [6.45, 7) is 1.99. The molecule has 158 valence electrons. The minimum atomic E-state index is -0.331. The molecule has 1 N–H and O–H groups in total. The molecule has 1 atom stereocenters. The van der Waals surface area contributed by atoms with Gasteiger partial charge in [0.15, 0.2) is 11.0 Å². The Morgan fingerprint density at radius 2 is 1.80 bits per heavy atom. The van der Waals surface area contributed by atoms with Gasteiger partial charge in [0.2, 0.25) is 5.91 Å². The number of rotatable bonds is 7. The predicted molar refractivity (Wildman–Crippen MR) is 119 cm³/mol. The standard InChI is InChI=1S/C20H20Cl2FN5OS/c1-12(27(2)3)19-25-26-20(28(19)17-6-4-15(23)5-7-17)30-11-18(29)24-16-9-13(21)8-14(22)10-16/h4-10,12H,11H2,1-3H3,(H,24,29). The molecule has 0 aliphatic rings. The number of aromatic nitrogens is 3. The Labute approximate surface area is 188 Å². The molecule has 2 aromatic carbocycles. The van der Waals surface area contributed by atoms with Crippen molar-refractivity contribution in [2.24, 2.45) is 0 Å². The van der Waals surface area contributed by atoms with Crippen molar-refractivity contribution in [3.05, 3.63) is 64.2 Å². The molecule has 0 aliphatic carbocycles. The van der Waals surface area contributed by atoms with Gasteiger partial charge in [-0.25, -0.2) is 4.39 Å². The van der Waals surface area contributed by atoms with Gasteiger partial charge in [-0.05, 0) is 63.5 Å². The summed E-state index contributed by atoms with van der Waals surface area (Å²) in [7, 11) is 3.87. The number of thioether (sulfide) groups is 1. The number of carbonyl (C=O) groups is 1. The lowest BCUT2D eigenvalue weighted by Gasteiger charge is -2.20. The lowest BCUT2D eigenvalue weighted by atomic mass is 10.2. The van der Waals surface area contributed by atoms with E-state index in [9.17, 15) is 9.18 Å². The molecule has 0 aliphatic heterocycles. The first-order valence-corrected chi connectivity index (χ1v) is 10.7. The zero-order valence-corrected chi connectivity index (χ0v) is 18.9. The lowest BCUT2D eigenvalue weighted by molar-refractivity contribution is -0.113. The summed E-state index contributed by atoms with van der Waals surface area (Å²) >= 11 is 13.2. The molecule has 0 radical (unpaired) electrons. The number of nitrogens with one attached hydrogen (secondary N) is 1. The maximum Gasteiger partial charge on any atom is 0.234 e. The summed E-state index contributed by atoms with van der Waals surface area (Å²) in [5, 5.41) is 12.7. The van der Waals surface area contributed by atoms with Gasteiger partial charge in [-0.1, -0.05) is 35.0 Å². The van der Waals surface area contributed by atoms with Crippen molar-refractivity contribution < 1.29 is 9.18 Å². The van der Waals surface area contributed by atoms with Gasteiger partial charge < -0.3 is 5.32 Å². The van der Waals surface area contributed by atoms with Crippen LogP contribution < -0.4 is 5.32 Å². The molecular formula is C20H20Cl2FN5OS. The molecule has 1 unspecified atom stereocenters. The molecule has 0 saturated carbocycles. The Morgan fingerprint density at radius 3 is 2.40 bits per heavy atom. The van der Waals surface area contributed by atoms with Gasteiger partial charge in [0.1, 0.15) is 5.82 Å². The first-order valence-electron chi connectivity index (χ1n) is 9.01. The Kier molecular flexibility index (Phi) is 7.36. The van der Waals surface area contributed by atoms with E-state index in [1.165, 1.54) is 23.9 Å². The summed E-state index contributed by atoms with van der Waals surface area (Å²) in [4.78, 5) is 14.4. The van der Waals surface area contributed by atoms with E-state index in [0.29, 0.717) is 26.7 Å². The monoisotopic (exact) mass is 467 g/mol. The minimum Gasteiger partial charge on any atom is -0.325 e. The van der Waals surface area contributed by atoms with E-state index in [1.54, 1.807) is 30.3 Å². The van der Waals surface area contributed by atoms with Crippen LogP contribution in [0.5, 0.6) is 0 Å². The summed E-state index contributed by atoms with van der Waals surface area (Å²) in [6, 6.07) is 10.9. The van der Waals surface area contributed by atoms with Crippen LogP contribution >= 0.6 is 35.0 Å². The minimum absolute atomic E-state index is 0.0423. The van der Waals surface area contributed by atoms with Crippen molar-refractivity contribution in [3.8, 4) is 5.69 Å². The molecule has 3 aromatic rings. The number of halogens is 3. The van der Waals surface area contributed by atoms with Crippen LogP contribution in [0, 0.1) is 5.82 Å². The van der Waals surface area contributed by atoms with E-state index < -0.39 is 0 Å². The van der Waals surface area contributed by atoms with Gasteiger partial charge in [0, 0.05) is 21.4 Å². The first-order chi connectivity index (χ1) is 14.2. The van der Waals surface area contributed by atoms with Crippen LogP contribution in [0.15, 0.2) is 47.6 Å². The summed E-state index contributed by atoms with van der Waals surface area (Å²) < 4.78 is 15.2. The molecule has 3 rings (SSSR count).